The maximum atomic E-state index is 13.5. The Morgan fingerprint density at radius 2 is 2.03 bits per heavy atom. The van der Waals surface area contributed by atoms with Crippen LogP contribution in [0.1, 0.15) is 41.1 Å². The number of aryl methyl sites for hydroxylation is 1. The van der Waals surface area contributed by atoms with E-state index in [-0.39, 0.29) is 24.4 Å². The molecule has 0 radical (unpaired) electrons. The molecule has 2 aromatic rings. The van der Waals surface area contributed by atoms with Crippen LogP contribution in [0, 0.1) is 30.0 Å². The van der Waals surface area contributed by atoms with Gasteiger partial charge in [-0.15, -0.1) is 0 Å². The number of carbonyl (C=O) groups is 4. The highest BCUT2D eigenvalue weighted by Gasteiger charge is 2.35. The average molecular weight is 529 g/mol. The predicted molar refractivity (Wildman–Crippen MR) is 130 cm³/mol. The first-order valence-corrected chi connectivity index (χ1v) is 12.0. The lowest BCUT2D eigenvalue weighted by Gasteiger charge is -2.30. The molecule has 38 heavy (non-hydrogen) atoms. The molecule has 1 aliphatic heterocycles. The zero-order chi connectivity index (χ0) is 27.7. The van der Waals surface area contributed by atoms with E-state index in [1.165, 1.54) is 37.4 Å². The van der Waals surface area contributed by atoms with Gasteiger partial charge in [-0.05, 0) is 43.9 Å². The lowest BCUT2D eigenvalue weighted by atomic mass is 9.89. The van der Waals surface area contributed by atoms with Crippen LogP contribution in [0.15, 0.2) is 34.9 Å². The summed E-state index contributed by atoms with van der Waals surface area (Å²) in [6.45, 7) is 2.13. The fourth-order valence-corrected chi connectivity index (χ4v) is 4.05. The highest BCUT2D eigenvalue weighted by molar-refractivity contribution is 5.96. The fraction of sp³-hybridized carbons (Fsp3) is 0.440. The second-order valence-electron chi connectivity index (χ2n) is 8.87. The molecule has 4 amide bonds. The van der Waals surface area contributed by atoms with Crippen LogP contribution in [0.2, 0.25) is 0 Å². The molecule has 1 aromatic carbocycles. The van der Waals surface area contributed by atoms with E-state index in [2.05, 4.69) is 26.4 Å². The van der Waals surface area contributed by atoms with E-state index in [4.69, 9.17) is 9.26 Å². The summed E-state index contributed by atoms with van der Waals surface area (Å²) in [4.78, 5) is 50.5. The number of halogens is 1. The number of nitrogens with one attached hydrogen (secondary N) is 4. The summed E-state index contributed by atoms with van der Waals surface area (Å²) in [5, 5.41) is 23.6. The predicted octanol–water partition coefficient (Wildman–Crippen LogP) is 1.11. The summed E-state index contributed by atoms with van der Waals surface area (Å²) < 4.78 is 23.5. The molecule has 1 saturated heterocycles. The molecule has 0 bridgehead atoms. The van der Waals surface area contributed by atoms with Gasteiger partial charge in [0.05, 0.1) is 6.04 Å². The maximum absolute atomic E-state index is 13.5. The van der Waals surface area contributed by atoms with Gasteiger partial charge in [-0.1, -0.05) is 17.3 Å². The monoisotopic (exact) mass is 528 g/mol. The Kier molecular flexibility index (Phi) is 9.75. The summed E-state index contributed by atoms with van der Waals surface area (Å²) in [7, 11) is 1.32. The van der Waals surface area contributed by atoms with Gasteiger partial charge in [0, 0.05) is 32.0 Å². The molecule has 202 valence electrons. The summed E-state index contributed by atoms with van der Waals surface area (Å²) in [5.74, 6) is -2.23. The number of aromatic nitrogens is 1. The van der Waals surface area contributed by atoms with Gasteiger partial charge >= 0.3 is 6.09 Å². The smallest absolute Gasteiger partial charge is 0.408 e. The first-order valence-electron chi connectivity index (χ1n) is 12.0. The van der Waals surface area contributed by atoms with E-state index < -0.39 is 47.8 Å². The van der Waals surface area contributed by atoms with Crippen molar-refractivity contribution in [3.63, 3.8) is 0 Å². The van der Waals surface area contributed by atoms with Gasteiger partial charge in [-0.25, -0.2) is 9.18 Å². The number of benzene rings is 1. The van der Waals surface area contributed by atoms with Crippen molar-refractivity contribution < 1.29 is 32.8 Å². The van der Waals surface area contributed by atoms with Crippen molar-refractivity contribution in [2.45, 2.75) is 50.8 Å². The standard InChI is InChI=1S/C25H29FN6O6/c1-14-10-20(32-38-14)24(35)31-19(11-15-5-7-17(26)8-6-15)23(34)30-18(21(13-27)37-25(36)28-2)12-16-4-3-9-29-22(16)33/h5-8,10,16,18-19,21H,3-4,9,11-12H2,1-2H3,(H,28,36)(H,29,33)(H,30,34)(H,31,35)/t16-,18-,19-,21-/m0/s1. The molecule has 4 N–H and O–H groups in total. The van der Waals surface area contributed by atoms with Crippen LogP contribution in [0.3, 0.4) is 0 Å². The van der Waals surface area contributed by atoms with Crippen molar-refractivity contribution in [3.8, 4) is 6.07 Å². The Hall–Kier alpha value is -4.47. The molecular weight excluding hydrogens is 499 g/mol. The second-order valence-corrected chi connectivity index (χ2v) is 8.87. The molecule has 0 aliphatic carbocycles. The maximum Gasteiger partial charge on any atom is 0.408 e. The van der Waals surface area contributed by atoms with Gasteiger partial charge in [0.15, 0.2) is 5.69 Å². The Bertz CT molecular complexity index is 1190. The summed E-state index contributed by atoms with van der Waals surface area (Å²) in [6.07, 6.45) is -1.08. The number of hydrogen-bond acceptors (Lipinski definition) is 8. The van der Waals surface area contributed by atoms with Gasteiger partial charge in [-0.3, -0.25) is 14.4 Å². The van der Waals surface area contributed by atoms with E-state index in [9.17, 15) is 28.8 Å². The van der Waals surface area contributed by atoms with Gasteiger partial charge in [0.25, 0.3) is 5.91 Å². The van der Waals surface area contributed by atoms with Crippen molar-refractivity contribution in [1.82, 2.24) is 26.4 Å². The summed E-state index contributed by atoms with van der Waals surface area (Å²) in [5.41, 5.74) is 0.498. The summed E-state index contributed by atoms with van der Waals surface area (Å²) in [6, 6.07) is 6.39. The third-order valence-electron chi connectivity index (χ3n) is 6.03. The molecule has 0 unspecified atom stereocenters. The van der Waals surface area contributed by atoms with Crippen molar-refractivity contribution >= 4 is 23.8 Å². The first-order chi connectivity index (χ1) is 18.2. The normalized spacial score (nSPS) is 17.2. The number of hydrogen-bond donors (Lipinski definition) is 4. The number of piperidine rings is 1. The van der Waals surface area contributed by atoms with Crippen LogP contribution >= 0.6 is 0 Å². The third-order valence-corrected chi connectivity index (χ3v) is 6.03. The Morgan fingerprint density at radius 1 is 1.29 bits per heavy atom. The van der Waals surface area contributed by atoms with E-state index in [0.717, 1.165) is 0 Å². The lowest BCUT2D eigenvalue weighted by Crippen LogP contribution is -2.55. The molecule has 0 spiro atoms. The molecule has 12 nitrogen and oxygen atoms in total. The Balaban J connectivity index is 1.85. The van der Waals surface area contributed by atoms with E-state index in [1.807, 2.05) is 6.07 Å². The topological polar surface area (TPSA) is 175 Å². The highest BCUT2D eigenvalue weighted by Crippen LogP contribution is 2.20. The van der Waals surface area contributed by atoms with E-state index >= 15 is 0 Å². The number of nitriles is 1. The second kappa shape index (κ2) is 13.2. The number of alkyl carbamates (subject to hydrolysis) is 1. The minimum atomic E-state index is -1.42. The van der Waals surface area contributed by atoms with Crippen molar-refractivity contribution in [2.75, 3.05) is 13.6 Å². The average Bonchev–Trinajstić information content (AvgIpc) is 3.35. The molecule has 1 fully saturated rings. The van der Waals surface area contributed by atoms with Crippen molar-refractivity contribution in [3.05, 3.63) is 53.2 Å². The van der Waals surface area contributed by atoms with Crippen LogP contribution in [0.25, 0.3) is 0 Å². The van der Waals surface area contributed by atoms with Crippen molar-refractivity contribution in [1.29, 1.82) is 5.26 Å². The van der Waals surface area contributed by atoms with Crippen LogP contribution < -0.4 is 21.3 Å². The van der Waals surface area contributed by atoms with Gasteiger partial charge in [0.2, 0.25) is 17.9 Å². The fourth-order valence-electron chi connectivity index (χ4n) is 4.05. The lowest BCUT2D eigenvalue weighted by molar-refractivity contribution is -0.129. The van der Waals surface area contributed by atoms with Crippen LogP contribution in [-0.2, 0) is 20.7 Å². The molecule has 2 heterocycles. The van der Waals surface area contributed by atoms with Crippen LogP contribution in [-0.4, -0.2) is 60.8 Å². The molecule has 1 aliphatic rings. The van der Waals surface area contributed by atoms with Crippen molar-refractivity contribution in [2.24, 2.45) is 5.92 Å². The number of carbonyl (C=O) groups excluding carboxylic acids is 4. The zero-order valence-corrected chi connectivity index (χ0v) is 21.0. The third kappa shape index (κ3) is 7.76. The van der Waals surface area contributed by atoms with Crippen LogP contribution in [0.4, 0.5) is 9.18 Å². The molecular formula is C25H29FN6O6. The van der Waals surface area contributed by atoms with Gasteiger partial charge in [-0.2, -0.15) is 5.26 Å². The number of rotatable bonds is 10. The van der Waals surface area contributed by atoms with Crippen LogP contribution in [0.5, 0.6) is 0 Å². The number of nitrogens with zero attached hydrogens (tertiary/aromatic N) is 2. The minimum absolute atomic E-state index is 0.0203. The minimum Gasteiger partial charge on any atom is -0.429 e. The number of ether oxygens (including phenoxy) is 1. The largest absolute Gasteiger partial charge is 0.429 e. The van der Waals surface area contributed by atoms with E-state index in [0.29, 0.717) is 30.7 Å². The molecule has 3 rings (SSSR count). The molecule has 4 atom stereocenters. The van der Waals surface area contributed by atoms with Gasteiger partial charge in [0.1, 0.15) is 23.7 Å². The Morgan fingerprint density at radius 3 is 2.63 bits per heavy atom. The summed E-state index contributed by atoms with van der Waals surface area (Å²) >= 11 is 0. The highest BCUT2D eigenvalue weighted by atomic mass is 19.1. The Labute approximate surface area is 218 Å². The first kappa shape index (κ1) is 28.1. The van der Waals surface area contributed by atoms with E-state index in [1.54, 1.807) is 6.92 Å². The quantitative estimate of drug-likeness (QED) is 0.355. The number of amides is 4. The van der Waals surface area contributed by atoms with Gasteiger partial charge < -0.3 is 30.5 Å². The molecule has 0 saturated carbocycles. The SMILES string of the molecule is CNC(=O)O[C@@H](C#N)[C@H](C[C@@H]1CCCNC1=O)NC(=O)[C@H](Cc1ccc(F)cc1)NC(=O)c1cc(C)on1. The zero-order valence-electron chi connectivity index (χ0n) is 21.0. The molecule has 1 aromatic heterocycles. The molecule has 13 heteroatoms.